The van der Waals surface area contributed by atoms with E-state index >= 15 is 0 Å². The van der Waals surface area contributed by atoms with E-state index in [1.165, 1.54) is 18.0 Å². The van der Waals surface area contributed by atoms with Crippen LogP contribution in [0.15, 0.2) is 66.9 Å². The highest BCUT2D eigenvalue weighted by Gasteiger charge is 2.35. The zero-order valence-electron chi connectivity index (χ0n) is 24.9. The second-order valence-corrected chi connectivity index (χ2v) is 11.9. The second kappa shape index (κ2) is 12.1. The predicted molar refractivity (Wildman–Crippen MR) is 163 cm³/mol. The molecule has 2 aliphatic rings. The molecule has 45 heavy (non-hydrogen) atoms. The molecule has 5 aromatic rings. The van der Waals surface area contributed by atoms with Crippen molar-refractivity contribution in [2.24, 2.45) is 5.92 Å². The fourth-order valence-electron chi connectivity index (χ4n) is 7.10. The van der Waals surface area contributed by atoms with Crippen LogP contribution < -0.4 is 4.84 Å². The van der Waals surface area contributed by atoms with Crippen LogP contribution in [-0.4, -0.2) is 46.8 Å². The number of hydrogen-bond donors (Lipinski definition) is 0. The third-order valence-electron chi connectivity index (χ3n) is 9.32. The number of methoxy groups -OCH3 is 1. The molecule has 1 aliphatic carbocycles. The molecule has 3 heterocycles. The first kappa shape index (κ1) is 29.2. The summed E-state index contributed by atoms with van der Waals surface area (Å²) in [5, 5.41) is 6.02. The van der Waals surface area contributed by atoms with Crippen molar-refractivity contribution in [3.63, 3.8) is 0 Å². The molecule has 1 saturated carbocycles. The van der Waals surface area contributed by atoms with Gasteiger partial charge in [0.05, 0.1) is 30.3 Å². The van der Waals surface area contributed by atoms with E-state index in [9.17, 15) is 18.4 Å². The number of ether oxygens (including phenoxy) is 2. The van der Waals surface area contributed by atoms with Crippen molar-refractivity contribution in [1.29, 1.82) is 0 Å². The summed E-state index contributed by atoms with van der Waals surface area (Å²) in [5.41, 5.74) is 4.53. The lowest BCUT2D eigenvalue weighted by molar-refractivity contribution is -0.146. The van der Waals surface area contributed by atoms with Crippen LogP contribution in [-0.2, 0) is 14.3 Å². The molecular formula is C35H33F2N3O5. The lowest BCUT2D eigenvalue weighted by Crippen LogP contribution is -2.24. The SMILES string of the molecule is COC(=O)C1CCC(c2c(C3CCOCC3)n(-c3ccc(F)c(F)c3)c3cc4cnn(OC(=O)c5ccccc5)c4cc23)CC1. The van der Waals surface area contributed by atoms with E-state index in [0.717, 1.165) is 59.3 Å². The van der Waals surface area contributed by atoms with Crippen LogP contribution in [0.3, 0.4) is 0 Å². The van der Waals surface area contributed by atoms with Crippen molar-refractivity contribution in [1.82, 2.24) is 14.5 Å². The van der Waals surface area contributed by atoms with Crippen molar-refractivity contribution < 1.29 is 32.7 Å². The Morgan fingerprint density at radius 1 is 0.867 bits per heavy atom. The van der Waals surface area contributed by atoms with Gasteiger partial charge in [0.15, 0.2) is 11.6 Å². The predicted octanol–water partition coefficient (Wildman–Crippen LogP) is 6.87. The van der Waals surface area contributed by atoms with Crippen LogP contribution in [0.2, 0.25) is 0 Å². The number of benzene rings is 3. The number of hydrogen-bond acceptors (Lipinski definition) is 6. The highest BCUT2D eigenvalue weighted by Crippen LogP contribution is 2.47. The average molecular weight is 614 g/mol. The monoisotopic (exact) mass is 613 g/mol. The van der Waals surface area contributed by atoms with Crippen molar-refractivity contribution in [2.45, 2.75) is 50.4 Å². The van der Waals surface area contributed by atoms with Gasteiger partial charge in [0.25, 0.3) is 0 Å². The molecule has 2 aromatic heterocycles. The smallest absolute Gasteiger partial charge is 0.365 e. The Bertz CT molecular complexity index is 1890. The van der Waals surface area contributed by atoms with E-state index in [4.69, 9.17) is 14.3 Å². The van der Waals surface area contributed by atoms with Gasteiger partial charge >= 0.3 is 11.9 Å². The van der Waals surface area contributed by atoms with Gasteiger partial charge in [0.1, 0.15) is 5.52 Å². The maximum absolute atomic E-state index is 14.8. The van der Waals surface area contributed by atoms with Crippen molar-refractivity contribution in [3.8, 4) is 5.69 Å². The molecule has 7 rings (SSSR count). The molecule has 2 fully saturated rings. The maximum Gasteiger partial charge on any atom is 0.365 e. The van der Waals surface area contributed by atoms with Gasteiger partial charge in [-0.2, -0.15) is 0 Å². The number of nitrogens with zero attached hydrogens (tertiary/aromatic N) is 3. The maximum atomic E-state index is 14.8. The Labute approximate surface area is 258 Å². The van der Waals surface area contributed by atoms with Crippen LogP contribution in [0, 0.1) is 17.6 Å². The third-order valence-corrected chi connectivity index (χ3v) is 9.32. The van der Waals surface area contributed by atoms with E-state index in [1.807, 2.05) is 18.2 Å². The Balaban J connectivity index is 1.43. The number of rotatable bonds is 6. The molecule has 0 bridgehead atoms. The van der Waals surface area contributed by atoms with Crippen LogP contribution >= 0.6 is 0 Å². The third kappa shape index (κ3) is 5.37. The van der Waals surface area contributed by atoms with Gasteiger partial charge in [-0.1, -0.05) is 23.0 Å². The minimum atomic E-state index is -0.922. The molecule has 0 N–H and O–H groups in total. The molecule has 0 atom stereocenters. The van der Waals surface area contributed by atoms with Gasteiger partial charge in [0.2, 0.25) is 0 Å². The molecule has 0 spiro atoms. The Morgan fingerprint density at radius 3 is 2.33 bits per heavy atom. The summed E-state index contributed by atoms with van der Waals surface area (Å²) in [6.07, 6.45) is 6.12. The lowest BCUT2D eigenvalue weighted by atomic mass is 9.76. The summed E-state index contributed by atoms with van der Waals surface area (Å²) in [5.74, 6) is -2.48. The van der Waals surface area contributed by atoms with E-state index < -0.39 is 17.6 Å². The van der Waals surface area contributed by atoms with Gasteiger partial charge in [-0.3, -0.25) is 4.79 Å². The number of fused-ring (bicyclic) bond motifs is 2. The first-order valence-electron chi connectivity index (χ1n) is 15.4. The molecule has 0 radical (unpaired) electrons. The first-order valence-corrected chi connectivity index (χ1v) is 15.4. The number of aromatic nitrogens is 3. The summed E-state index contributed by atoms with van der Waals surface area (Å²) >= 11 is 0. The van der Waals surface area contributed by atoms with Crippen molar-refractivity contribution in [2.75, 3.05) is 20.3 Å². The van der Waals surface area contributed by atoms with Crippen molar-refractivity contribution >= 4 is 33.7 Å². The molecule has 0 unspecified atom stereocenters. The minimum Gasteiger partial charge on any atom is -0.469 e. The Morgan fingerprint density at radius 2 is 1.62 bits per heavy atom. The number of esters is 1. The molecule has 3 aromatic carbocycles. The Kier molecular flexibility index (Phi) is 7.83. The topological polar surface area (TPSA) is 84.6 Å². The molecule has 8 nitrogen and oxygen atoms in total. The van der Waals surface area contributed by atoms with E-state index in [-0.39, 0.29) is 23.7 Å². The van der Waals surface area contributed by atoms with Gasteiger partial charge in [-0.05, 0) is 86.4 Å². The second-order valence-electron chi connectivity index (χ2n) is 11.9. The quantitative estimate of drug-likeness (QED) is 0.195. The summed E-state index contributed by atoms with van der Waals surface area (Å²) < 4.78 is 41.7. The molecule has 1 aliphatic heterocycles. The van der Waals surface area contributed by atoms with E-state index in [1.54, 1.807) is 36.5 Å². The Hall–Kier alpha value is -4.57. The zero-order valence-corrected chi connectivity index (χ0v) is 24.9. The number of carbonyl (C=O) groups excluding carboxylic acids is 2. The normalized spacial score (nSPS) is 19.2. The van der Waals surface area contributed by atoms with Gasteiger partial charge in [-0.15, -0.1) is 5.10 Å². The van der Waals surface area contributed by atoms with Gasteiger partial charge in [0, 0.05) is 47.4 Å². The molecule has 1 saturated heterocycles. The van der Waals surface area contributed by atoms with Gasteiger partial charge < -0.3 is 18.9 Å². The molecule has 10 heteroatoms. The largest absolute Gasteiger partial charge is 0.469 e. The molecule has 232 valence electrons. The molecular weight excluding hydrogens is 580 g/mol. The number of carbonyl (C=O) groups is 2. The summed E-state index contributed by atoms with van der Waals surface area (Å²) in [6.45, 7) is 1.20. The fraction of sp³-hybridized carbons (Fsp3) is 0.343. The van der Waals surface area contributed by atoms with Crippen LogP contribution in [0.4, 0.5) is 8.78 Å². The average Bonchev–Trinajstić information content (AvgIpc) is 3.63. The van der Waals surface area contributed by atoms with E-state index in [0.29, 0.717) is 42.8 Å². The van der Waals surface area contributed by atoms with Gasteiger partial charge in [-0.25, -0.2) is 13.6 Å². The standard InChI is InChI=1S/C35H33F2N3O5/c1-43-34(41)24-9-7-21(8-10-24)32-27-19-30-25(20-38-40(30)45-35(42)23-5-3-2-4-6-23)17-31(27)39(26-11-12-28(36)29(37)18-26)33(32)22-13-15-44-16-14-22/h2-6,11-12,17-22,24H,7-10,13-16H2,1H3. The molecule has 0 amide bonds. The summed E-state index contributed by atoms with van der Waals surface area (Å²) in [7, 11) is 1.42. The van der Waals surface area contributed by atoms with Crippen molar-refractivity contribution in [3.05, 3.63) is 95.3 Å². The van der Waals surface area contributed by atoms with E-state index in [2.05, 4.69) is 9.67 Å². The van der Waals surface area contributed by atoms with Crippen LogP contribution in [0.1, 0.15) is 72.0 Å². The number of halogens is 2. The zero-order chi connectivity index (χ0) is 31.1. The van der Waals surface area contributed by atoms with Crippen LogP contribution in [0.5, 0.6) is 0 Å². The highest BCUT2D eigenvalue weighted by molar-refractivity contribution is 5.99. The summed E-state index contributed by atoms with van der Waals surface area (Å²) in [4.78, 5) is 32.3. The highest BCUT2D eigenvalue weighted by atomic mass is 19.2. The minimum absolute atomic E-state index is 0.110. The fourth-order valence-corrected chi connectivity index (χ4v) is 7.10. The summed E-state index contributed by atoms with van der Waals surface area (Å²) in [6, 6.07) is 16.7. The lowest BCUT2D eigenvalue weighted by Gasteiger charge is -2.31. The first-order chi connectivity index (χ1) is 21.9. The van der Waals surface area contributed by atoms with Crippen LogP contribution in [0.25, 0.3) is 27.5 Å².